The molecule has 2 rings (SSSR count). The Hall–Kier alpha value is -1.49. The first-order valence-corrected chi connectivity index (χ1v) is 8.00. The van der Waals surface area contributed by atoms with Crippen LogP contribution in [0.4, 0.5) is 5.69 Å². The van der Waals surface area contributed by atoms with Gasteiger partial charge >= 0.3 is 5.97 Å². The lowest BCUT2D eigenvalue weighted by atomic mass is 9.81. The molecule has 2 unspecified atom stereocenters. The fraction of sp³-hybridized carbons (Fsp3) is 0.467. The zero-order chi connectivity index (χ0) is 14.5. The summed E-state index contributed by atoms with van der Waals surface area (Å²) in [5, 5.41) is 11.9. The molecule has 0 spiro atoms. The number of benzene rings is 1. The molecular weight excluding hydrogens is 274 g/mol. The van der Waals surface area contributed by atoms with Crippen LogP contribution < -0.4 is 5.32 Å². The normalized spacial score (nSPS) is 22.2. The number of hydrogen-bond acceptors (Lipinski definition) is 3. The van der Waals surface area contributed by atoms with Gasteiger partial charge in [0.15, 0.2) is 0 Å². The van der Waals surface area contributed by atoms with Crippen molar-refractivity contribution in [3.05, 3.63) is 24.3 Å². The molecule has 1 aromatic carbocycles. The summed E-state index contributed by atoms with van der Waals surface area (Å²) in [6.07, 6.45) is 4.71. The topological polar surface area (TPSA) is 66.4 Å². The summed E-state index contributed by atoms with van der Waals surface area (Å²) in [5.41, 5.74) is 0.769. The van der Waals surface area contributed by atoms with Crippen LogP contribution in [0.5, 0.6) is 0 Å². The first kappa shape index (κ1) is 14.9. The minimum Gasteiger partial charge on any atom is -0.481 e. The minimum atomic E-state index is -0.785. The number of amides is 1. The number of hydrogen-bond donors (Lipinski definition) is 2. The molecule has 20 heavy (non-hydrogen) atoms. The Morgan fingerprint density at radius 3 is 2.45 bits per heavy atom. The van der Waals surface area contributed by atoms with Crippen LogP contribution in [0.25, 0.3) is 0 Å². The van der Waals surface area contributed by atoms with Gasteiger partial charge < -0.3 is 10.4 Å². The molecule has 5 heteroatoms. The van der Waals surface area contributed by atoms with Gasteiger partial charge in [-0.2, -0.15) is 0 Å². The molecule has 0 saturated heterocycles. The molecule has 1 aromatic rings. The maximum absolute atomic E-state index is 12.2. The highest BCUT2D eigenvalue weighted by atomic mass is 32.2. The van der Waals surface area contributed by atoms with Crippen LogP contribution in [0.2, 0.25) is 0 Å². The van der Waals surface area contributed by atoms with Crippen LogP contribution in [0.15, 0.2) is 29.2 Å². The highest BCUT2D eigenvalue weighted by molar-refractivity contribution is 7.98. The van der Waals surface area contributed by atoms with Gasteiger partial charge in [-0.25, -0.2) is 0 Å². The fourth-order valence-corrected chi connectivity index (χ4v) is 2.98. The number of carboxylic acids is 1. The van der Waals surface area contributed by atoms with Crippen molar-refractivity contribution in [2.24, 2.45) is 11.8 Å². The number of carboxylic acid groups (broad SMARTS) is 1. The molecule has 4 nitrogen and oxygen atoms in total. The second kappa shape index (κ2) is 6.79. The molecule has 0 heterocycles. The van der Waals surface area contributed by atoms with Crippen molar-refractivity contribution < 1.29 is 14.7 Å². The summed E-state index contributed by atoms with van der Waals surface area (Å²) in [4.78, 5) is 24.3. The van der Waals surface area contributed by atoms with Crippen LogP contribution >= 0.6 is 11.8 Å². The van der Waals surface area contributed by atoms with Crippen LogP contribution in [0, 0.1) is 11.8 Å². The monoisotopic (exact) mass is 293 g/mol. The molecule has 2 atom stereocenters. The number of thioether (sulfide) groups is 1. The Bertz CT molecular complexity index is 486. The third-order valence-electron chi connectivity index (χ3n) is 3.75. The summed E-state index contributed by atoms with van der Waals surface area (Å²) < 4.78 is 0. The van der Waals surface area contributed by atoms with Crippen LogP contribution in [-0.4, -0.2) is 23.2 Å². The summed E-state index contributed by atoms with van der Waals surface area (Å²) in [6.45, 7) is 0. The Morgan fingerprint density at radius 2 is 1.85 bits per heavy atom. The van der Waals surface area contributed by atoms with Crippen LogP contribution in [0.1, 0.15) is 25.7 Å². The predicted octanol–water partition coefficient (Wildman–Crippen LogP) is 3.24. The quantitative estimate of drug-likeness (QED) is 0.836. The van der Waals surface area contributed by atoms with E-state index >= 15 is 0 Å². The molecule has 2 N–H and O–H groups in total. The van der Waals surface area contributed by atoms with Gasteiger partial charge in [0.1, 0.15) is 0 Å². The maximum atomic E-state index is 12.2. The molecule has 0 bridgehead atoms. The summed E-state index contributed by atoms with van der Waals surface area (Å²) in [5.74, 6) is -1.41. The van der Waals surface area contributed by atoms with Gasteiger partial charge in [-0.3, -0.25) is 9.59 Å². The molecule has 108 valence electrons. The van der Waals surface area contributed by atoms with E-state index in [9.17, 15) is 9.59 Å². The molecule has 0 aromatic heterocycles. The van der Waals surface area contributed by atoms with Crippen molar-refractivity contribution >= 4 is 29.3 Å². The lowest BCUT2D eigenvalue weighted by Crippen LogP contribution is -2.30. The number of nitrogens with one attached hydrogen (secondary N) is 1. The van der Waals surface area contributed by atoms with Gasteiger partial charge in [0.25, 0.3) is 0 Å². The average molecular weight is 293 g/mol. The van der Waals surface area contributed by atoms with E-state index in [0.717, 1.165) is 23.4 Å². The predicted molar refractivity (Wildman–Crippen MR) is 79.9 cm³/mol. The van der Waals surface area contributed by atoms with Crippen molar-refractivity contribution in [3.8, 4) is 0 Å². The third-order valence-corrected chi connectivity index (χ3v) is 4.50. The molecular formula is C15H19NO3S. The van der Waals surface area contributed by atoms with Crippen molar-refractivity contribution in [2.45, 2.75) is 30.6 Å². The average Bonchev–Trinajstić information content (AvgIpc) is 2.48. The van der Waals surface area contributed by atoms with Crippen molar-refractivity contribution in [1.82, 2.24) is 0 Å². The smallest absolute Gasteiger partial charge is 0.306 e. The summed E-state index contributed by atoms with van der Waals surface area (Å²) >= 11 is 1.65. The standard InChI is InChI=1S/C15H19NO3S/c1-20-13-7-5-12(6-8-13)16-14(17)10-3-2-4-11(9-10)15(18)19/h5-8,10-11H,2-4,9H2,1H3,(H,16,17)(H,18,19). The lowest BCUT2D eigenvalue weighted by molar-refractivity contribution is -0.143. The van der Waals surface area contributed by atoms with Crippen molar-refractivity contribution in [2.75, 3.05) is 11.6 Å². The Morgan fingerprint density at radius 1 is 1.20 bits per heavy atom. The zero-order valence-corrected chi connectivity index (χ0v) is 12.3. The van der Waals surface area contributed by atoms with E-state index in [1.807, 2.05) is 30.5 Å². The van der Waals surface area contributed by atoms with E-state index < -0.39 is 5.97 Å². The second-order valence-corrected chi connectivity index (χ2v) is 6.00. The number of rotatable bonds is 4. The molecule has 1 aliphatic carbocycles. The zero-order valence-electron chi connectivity index (χ0n) is 11.5. The van der Waals surface area contributed by atoms with Crippen LogP contribution in [-0.2, 0) is 9.59 Å². The van der Waals surface area contributed by atoms with Gasteiger partial charge in [-0.15, -0.1) is 11.8 Å². The Kier molecular flexibility index (Phi) is 5.06. The van der Waals surface area contributed by atoms with Crippen LogP contribution in [0.3, 0.4) is 0 Å². The van der Waals surface area contributed by atoms with E-state index in [2.05, 4.69) is 5.32 Å². The van der Waals surface area contributed by atoms with Gasteiger partial charge in [0.2, 0.25) is 5.91 Å². The van der Waals surface area contributed by atoms with E-state index in [1.165, 1.54) is 0 Å². The molecule has 1 fully saturated rings. The maximum Gasteiger partial charge on any atom is 0.306 e. The Balaban J connectivity index is 1.95. The molecule has 1 saturated carbocycles. The number of carbonyl (C=O) groups excluding carboxylic acids is 1. The highest BCUT2D eigenvalue weighted by Gasteiger charge is 2.30. The number of aliphatic carboxylic acids is 1. The van der Waals surface area contributed by atoms with Gasteiger partial charge in [0, 0.05) is 16.5 Å². The SMILES string of the molecule is CSc1ccc(NC(=O)C2CCCC(C(=O)O)C2)cc1. The first-order chi connectivity index (χ1) is 9.60. The molecule has 0 radical (unpaired) electrons. The van der Waals surface area contributed by atoms with Crippen molar-refractivity contribution in [3.63, 3.8) is 0 Å². The van der Waals surface area contributed by atoms with Gasteiger partial charge in [-0.05, 0) is 49.8 Å². The first-order valence-electron chi connectivity index (χ1n) is 6.78. The second-order valence-electron chi connectivity index (χ2n) is 5.12. The summed E-state index contributed by atoms with van der Waals surface area (Å²) in [7, 11) is 0. The lowest BCUT2D eigenvalue weighted by Gasteiger charge is -2.25. The largest absolute Gasteiger partial charge is 0.481 e. The molecule has 1 aliphatic rings. The van der Waals surface area contributed by atoms with E-state index in [0.29, 0.717) is 12.8 Å². The number of carbonyl (C=O) groups is 2. The van der Waals surface area contributed by atoms with E-state index in [1.54, 1.807) is 11.8 Å². The van der Waals surface area contributed by atoms with Gasteiger partial charge in [-0.1, -0.05) is 6.42 Å². The minimum absolute atomic E-state index is 0.0622. The fourth-order valence-electron chi connectivity index (χ4n) is 2.57. The number of anilines is 1. The molecule has 1 amide bonds. The van der Waals surface area contributed by atoms with Gasteiger partial charge in [0.05, 0.1) is 5.92 Å². The molecule has 0 aliphatic heterocycles. The van der Waals surface area contributed by atoms with Crippen molar-refractivity contribution in [1.29, 1.82) is 0 Å². The van der Waals surface area contributed by atoms with E-state index in [4.69, 9.17) is 5.11 Å². The highest BCUT2D eigenvalue weighted by Crippen LogP contribution is 2.30. The third kappa shape index (κ3) is 3.76. The Labute approximate surface area is 123 Å². The van der Waals surface area contributed by atoms with E-state index in [-0.39, 0.29) is 17.7 Å². The summed E-state index contributed by atoms with van der Waals surface area (Å²) in [6, 6.07) is 7.67.